The number of methoxy groups -OCH3 is 1. The number of nitrogens with zero attached hydrogens (tertiary/aromatic N) is 1. The molecular formula is C11H11NO3. The van der Waals surface area contributed by atoms with Gasteiger partial charge in [-0.2, -0.15) is 0 Å². The van der Waals surface area contributed by atoms with Crippen LogP contribution in [0, 0.1) is 0 Å². The summed E-state index contributed by atoms with van der Waals surface area (Å²) in [6.07, 6.45) is 4.49. The van der Waals surface area contributed by atoms with Gasteiger partial charge in [-0.15, -0.1) is 0 Å². The Balaban J connectivity index is 2.82. The van der Waals surface area contributed by atoms with E-state index >= 15 is 0 Å². The van der Waals surface area contributed by atoms with E-state index in [0.29, 0.717) is 12.1 Å². The molecule has 0 N–H and O–H groups in total. The topological polar surface area (TPSA) is 56.3 Å². The lowest BCUT2D eigenvalue weighted by atomic mass is 10.2. The van der Waals surface area contributed by atoms with E-state index in [1.54, 1.807) is 30.4 Å². The number of carbonyl (C=O) groups is 2. The number of pyridine rings is 1. The molecule has 1 heterocycles. The number of carbonyl (C=O) groups excluding carboxylic acids is 2. The van der Waals surface area contributed by atoms with Crippen molar-refractivity contribution in [2.75, 3.05) is 7.11 Å². The van der Waals surface area contributed by atoms with Gasteiger partial charge in [-0.3, -0.25) is 0 Å². The standard InChI is InChI=1S/C11H11NO3/c1-15-11(14)10-7-4-6-9(12-10)5-2-3-8-13/h2,4-8H,3H2,1H3. The largest absolute Gasteiger partial charge is 0.464 e. The number of esters is 1. The van der Waals surface area contributed by atoms with Gasteiger partial charge in [0.05, 0.1) is 12.8 Å². The minimum atomic E-state index is -0.472. The predicted octanol–water partition coefficient (Wildman–Crippen LogP) is 1.47. The highest BCUT2D eigenvalue weighted by atomic mass is 16.5. The third kappa shape index (κ3) is 3.34. The zero-order chi connectivity index (χ0) is 11.1. The number of rotatable bonds is 4. The van der Waals surface area contributed by atoms with Gasteiger partial charge in [-0.1, -0.05) is 12.1 Å². The maximum Gasteiger partial charge on any atom is 0.356 e. The summed E-state index contributed by atoms with van der Waals surface area (Å²) in [7, 11) is 1.30. The van der Waals surface area contributed by atoms with Crippen LogP contribution in [0.15, 0.2) is 24.3 Å². The zero-order valence-electron chi connectivity index (χ0n) is 8.34. The van der Waals surface area contributed by atoms with Crippen molar-refractivity contribution >= 4 is 18.3 Å². The molecule has 1 aromatic rings. The van der Waals surface area contributed by atoms with Crippen LogP contribution in [0.3, 0.4) is 0 Å². The molecular weight excluding hydrogens is 194 g/mol. The molecule has 0 aliphatic heterocycles. The molecule has 0 bridgehead atoms. The number of allylic oxidation sites excluding steroid dienone is 1. The summed E-state index contributed by atoms with van der Waals surface area (Å²) >= 11 is 0. The van der Waals surface area contributed by atoms with Crippen LogP contribution in [0.25, 0.3) is 6.08 Å². The van der Waals surface area contributed by atoms with Gasteiger partial charge < -0.3 is 9.53 Å². The van der Waals surface area contributed by atoms with Gasteiger partial charge in [0.15, 0.2) is 0 Å². The Kier molecular flexibility index (Phi) is 4.22. The van der Waals surface area contributed by atoms with Crippen molar-refractivity contribution in [3.8, 4) is 0 Å². The minimum absolute atomic E-state index is 0.255. The Labute approximate surface area is 87.6 Å². The molecule has 0 saturated carbocycles. The van der Waals surface area contributed by atoms with Gasteiger partial charge in [0.2, 0.25) is 0 Å². The fourth-order valence-corrected chi connectivity index (χ4v) is 1.01. The number of hydrogen-bond acceptors (Lipinski definition) is 4. The van der Waals surface area contributed by atoms with Crippen LogP contribution >= 0.6 is 0 Å². The summed E-state index contributed by atoms with van der Waals surface area (Å²) in [6.45, 7) is 0. The number of hydrogen-bond donors (Lipinski definition) is 0. The Hall–Kier alpha value is -1.97. The highest BCUT2D eigenvalue weighted by Crippen LogP contribution is 2.03. The second-order valence-corrected chi connectivity index (χ2v) is 2.74. The molecule has 0 fully saturated rings. The lowest BCUT2D eigenvalue weighted by Crippen LogP contribution is -2.04. The molecule has 1 aromatic heterocycles. The van der Waals surface area contributed by atoms with Crippen LogP contribution < -0.4 is 0 Å². The maximum absolute atomic E-state index is 11.1. The molecule has 0 radical (unpaired) electrons. The molecule has 0 aliphatic rings. The predicted molar refractivity (Wildman–Crippen MR) is 55.3 cm³/mol. The van der Waals surface area contributed by atoms with Crippen LogP contribution in [-0.2, 0) is 9.53 Å². The normalized spacial score (nSPS) is 10.2. The smallest absolute Gasteiger partial charge is 0.356 e. The third-order valence-electron chi connectivity index (χ3n) is 1.69. The van der Waals surface area contributed by atoms with E-state index in [1.165, 1.54) is 7.11 Å². The minimum Gasteiger partial charge on any atom is -0.464 e. The average molecular weight is 205 g/mol. The zero-order valence-corrected chi connectivity index (χ0v) is 8.34. The first kappa shape index (κ1) is 11.1. The lowest BCUT2D eigenvalue weighted by molar-refractivity contribution is -0.107. The van der Waals surface area contributed by atoms with Crippen LogP contribution in [0.5, 0.6) is 0 Å². The summed E-state index contributed by atoms with van der Waals surface area (Å²) in [5.74, 6) is -0.472. The molecule has 4 heteroatoms. The molecule has 78 valence electrons. The van der Waals surface area contributed by atoms with Crippen LogP contribution in [0.2, 0.25) is 0 Å². The van der Waals surface area contributed by atoms with Crippen LogP contribution in [0.1, 0.15) is 22.6 Å². The Morgan fingerprint density at radius 2 is 2.33 bits per heavy atom. The van der Waals surface area contributed by atoms with Crippen molar-refractivity contribution in [1.29, 1.82) is 0 Å². The summed E-state index contributed by atoms with van der Waals surface area (Å²) in [6, 6.07) is 5.02. The van der Waals surface area contributed by atoms with E-state index in [2.05, 4.69) is 9.72 Å². The summed E-state index contributed by atoms with van der Waals surface area (Å²) in [4.78, 5) is 25.2. The fourth-order valence-electron chi connectivity index (χ4n) is 1.01. The summed E-state index contributed by atoms with van der Waals surface area (Å²) < 4.78 is 4.54. The van der Waals surface area contributed by atoms with Crippen molar-refractivity contribution in [3.05, 3.63) is 35.7 Å². The fraction of sp³-hybridized carbons (Fsp3) is 0.182. The summed E-state index contributed by atoms with van der Waals surface area (Å²) in [5.41, 5.74) is 0.880. The third-order valence-corrected chi connectivity index (χ3v) is 1.69. The van der Waals surface area contributed by atoms with E-state index in [-0.39, 0.29) is 5.69 Å². The Bertz CT molecular complexity index is 385. The molecule has 1 rings (SSSR count). The first-order valence-electron chi connectivity index (χ1n) is 4.43. The highest BCUT2D eigenvalue weighted by Gasteiger charge is 2.05. The number of aromatic nitrogens is 1. The van der Waals surface area contributed by atoms with Crippen molar-refractivity contribution in [2.24, 2.45) is 0 Å². The molecule has 0 aliphatic carbocycles. The number of ether oxygens (including phenoxy) is 1. The van der Waals surface area contributed by atoms with E-state index in [1.807, 2.05) is 0 Å². The van der Waals surface area contributed by atoms with Gasteiger partial charge in [0, 0.05) is 6.42 Å². The van der Waals surface area contributed by atoms with Gasteiger partial charge in [-0.05, 0) is 18.2 Å². The van der Waals surface area contributed by atoms with Gasteiger partial charge >= 0.3 is 5.97 Å². The number of aldehydes is 1. The molecule has 4 nitrogen and oxygen atoms in total. The molecule has 0 spiro atoms. The molecule has 15 heavy (non-hydrogen) atoms. The van der Waals surface area contributed by atoms with E-state index < -0.39 is 5.97 Å². The van der Waals surface area contributed by atoms with Crippen molar-refractivity contribution in [2.45, 2.75) is 6.42 Å². The van der Waals surface area contributed by atoms with E-state index in [4.69, 9.17) is 0 Å². The summed E-state index contributed by atoms with van der Waals surface area (Å²) in [5, 5.41) is 0. The second-order valence-electron chi connectivity index (χ2n) is 2.74. The van der Waals surface area contributed by atoms with Gasteiger partial charge in [-0.25, -0.2) is 9.78 Å². The first-order chi connectivity index (χ1) is 7.27. The van der Waals surface area contributed by atoms with E-state index in [9.17, 15) is 9.59 Å². The second kappa shape index (κ2) is 5.70. The quantitative estimate of drug-likeness (QED) is 0.551. The molecule has 0 saturated heterocycles. The molecule has 0 unspecified atom stereocenters. The van der Waals surface area contributed by atoms with Crippen LogP contribution in [-0.4, -0.2) is 24.3 Å². The molecule has 0 amide bonds. The lowest BCUT2D eigenvalue weighted by Gasteiger charge is -1.98. The highest BCUT2D eigenvalue weighted by molar-refractivity contribution is 5.87. The van der Waals surface area contributed by atoms with Crippen LogP contribution in [0.4, 0.5) is 0 Å². The molecule has 0 aromatic carbocycles. The average Bonchev–Trinajstić information content (AvgIpc) is 2.29. The van der Waals surface area contributed by atoms with Gasteiger partial charge in [0.1, 0.15) is 12.0 Å². The maximum atomic E-state index is 11.1. The monoisotopic (exact) mass is 205 g/mol. The Morgan fingerprint density at radius 3 is 3.00 bits per heavy atom. The van der Waals surface area contributed by atoms with Gasteiger partial charge in [0.25, 0.3) is 0 Å². The molecule has 0 atom stereocenters. The van der Waals surface area contributed by atoms with Crippen molar-refractivity contribution < 1.29 is 14.3 Å². The SMILES string of the molecule is COC(=O)c1cccc(C=CCC=O)n1. The Morgan fingerprint density at radius 1 is 1.53 bits per heavy atom. The first-order valence-corrected chi connectivity index (χ1v) is 4.43. The van der Waals surface area contributed by atoms with E-state index in [0.717, 1.165) is 6.29 Å². The van der Waals surface area contributed by atoms with Crippen molar-refractivity contribution in [1.82, 2.24) is 4.98 Å². The van der Waals surface area contributed by atoms with Crippen molar-refractivity contribution in [3.63, 3.8) is 0 Å².